The summed E-state index contributed by atoms with van der Waals surface area (Å²) in [5.41, 5.74) is 1.20. The van der Waals surface area contributed by atoms with Crippen molar-refractivity contribution in [2.45, 2.75) is 51.2 Å². The number of piperazine rings is 1. The molecule has 1 aliphatic carbocycles. The van der Waals surface area contributed by atoms with E-state index in [9.17, 15) is 4.79 Å². The molecular weight excluding hydrogens is 376 g/mol. The molecule has 1 aromatic carbocycles. The number of carbonyl (C=O) groups excluding carboxylic acids is 1. The Bertz CT molecular complexity index is 708. The second kappa shape index (κ2) is 10.3. The van der Waals surface area contributed by atoms with Crippen LogP contribution in [-0.2, 0) is 4.79 Å². The van der Waals surface area contributed by atoms with Crippen molar-refractivity contribution in [3.63, 3.8) is 0 Å². The van der Waals surface area contributed by atoms with Crippen molar-refractivity contribution >= 4 is 11.9 Å². The van der Waals surface area contributed by atoms with E-state index in [1.807, 2.05) is 13.1 Å². The monoisotopic (exact) mass is 414 g/mol. The largest absolute Gasteiger partial charge is 0.354 e. The number of hydrogen-bond donors (Lipinski definition) is 3. The maximum atomic E-state index is 12.0. The summed E-state index contributed by atoms with van der Waals surface area (Å²) < 4.78 is 0. The minimum Gasteiger partial charge on any atom is -0.354 e. The van der Waals surface area contributed by atoms with Gasteiger partial charge in [0.15, 0.2) is 5.96 Å². The molecule has 7 nitrogen and oxygen atoms in total. The lowest BCUT2D eigenvalue weighted by Gasteiger charge is -2.38. The maximum Gasteiger partial charge on any atom is 0.234 e. The molecular formula is C23H38N6O. The molecule has 1 aliphatic heterocycles. The van der Waals surface area contributed by atoms with Crippen molar-refractivity contribution < 1.29 is 4.79 Å². The molecule has 3 N–H and O–H groups in total. The van der Waals surface area contributed by atoms with Gasteiger partial charge in [0, 0.05) is 57.4 Å². The predicted octanol–water partition coefficient (Wildman–Crippen LogP) is 1.59. The Balaban J connectivity index is 1.42. The number of carbonyl (C=O) groups is 1. The molecule has 166 valence electrons. The molecule has 1 saturated carbocycles. The van der Waals surface area contributed by atoms with E-state index < -0.39 is 0 Å². The van der Waals surface area contributed by atoms with Crippen LogP contribution in [0.15, 0.2) is 35.3 Å². The number of guanidine groups is 1. The molecule has 1 aromatic rings. The highest BCUT2D eigenvalue weighted by atomic mass is 16.2. The first-order valence-corrected chi connectivity index (χ1v) is 11.2. The van der Waals surface area contributed by atoms with Crippen LogP contribution in [0.5, 0.6) is 0 Å². The van der Waals surface area contributed by atoms with E-state index in [0.717, 1.165) is 51.5 Å². The van der Waals surface area contributed by atoms with Crippen LogP contribution in [0.25, 0.3) is 0 Å². The third-order valence-corrected chi connectivity index (χ3v) is 5.79. The molecule has 3 rings (SSSR count). The summed E-state index contributed by atoms with van der Waals surface area (Å²) in [5, 5.41) is 10.3. The van der Waals surface area contributed by atoms with Crippen LogP contribution in [0.4, 0.5) is 0 Å². The number of hydrogen-bond acceptors (Lipinski definition) is 4. The molecule has 1 heterocycles. The Morgan fingerprint density at radius 2 is 1.83 bits per heavy atom. The minimum absolute atomic E-state index is 0.0894. The van der Waals surface area contributed by atoms with E-state index in [4.69, 9.17) is 0 Å². The summed E-state index contributed by atoms with van der Waals surface area (Å²) in [6.07, 6.45) is 2.27. The standard InChI is InChI=1S/C23H38N6O/c1-18(19-8-6-5-7-9-19)27-23(2,3)17-25-22(24-4)29-14-12-28(13-15-29)16-21(30)26-20-10-11-20/h5-9,18,20,27H,10-17H2,1-4H3,(H,24,25)(H,26,30). The molecule has 0 spiro atoms. The van der Waals surface area contributed by atoms with Gasteiger partial charge >= 0.3 is 0 Å². The highest BCUT2D eigenvalue weighted by Crippen LogP contribution is 2.18. The van der Waals surface area contributed by atoms with Gasteiger partial charge in [-0.1, -0.05) is 30.3 Å². The molecule has 2 aliphatic rings. The average molecular weight is 415 g/mol. The van der Waals surface area contributed by atoms with Crippen LogP contribution in [0.2, 0.25) is 0 Å². The van der Waals surface area contributed by atoms with E-state index in [0.29, 0.717) is 12.6 Å². The molecule has 1 amide bonds. The van der Waals surface area contributed by atoms with Crippen molar-refractivity contribution in [2.75, 3.05) is 46.3 Å². The first-order valence-electron chi connectivity index (χ1n) is 11.2. The fourth-order valence-corrected chi connectivity index (χ4v) is 3.92. The number of benzene rings is 1. The molecule has 1 unspecified atom stereocenters. The quantitative estimate of drug-likeness (QED) is 0.445. The zero-order valence-electron chi connectivity index (χ0n) is 18.9. The van der Waals surface area contributed by atoms with Crippen molar-refractivity contribution in [1.82, 2.24) is 25.8 Å². The van der Waals surface area contributed by atoms with E-state index in [1.54, 1.807) is 0 Å². The summed E-state index contributed by atoms with van der Waals surface area (Å²) >= 11 is 0. The molecule has 1 saturated heterocycles. The van der Waals surface area contributed by atoms with E-state index in [2.05, 4.69) is 75.8 Å². The van der Waals surface area contributed by atoms with Gasteiger partial charge in [-0.15, -0.1) is 0 Å². The molecule has 0 bridgehead atoms. The lowest BCUT2D eigenvalue weighted by Crippen LogP contribution is -2.57. The van der Waals surface area contributed by atoms with Gasteiger partial charge in [0.25, 0.3) is 0 Å². The zero-order valence-corrected chi connectivity index (χ0v) is 18.9. The van der Waals surface area contributed by atoms with Crippen LogP contribution in [-0.4, -0.2) is 79.6 Å². The van der Waals surface area contributed by atoms with Gasteiger partial charge in [-0.25, -0.2) is 0 Å². The third-order valence-electron chi connectivity index (χ3n) is 5.79. The van der Waals surface area contributed by atoms with E-state index in [-0.39, 0.29) is 17.5 Å². The highest BCUT2D eigenvalue weighted by molar-refractivity contribution is 5.80. The van der Waals surface area contributed by atoms with Crippen LogP contribution in [0, 0.1) is 0 Å². The number of amides is 1. The van der Waals surface area contributed by atoms with Gasteiger partial charge in [-0.3, -0.25) is 14.7 Å². The van der Waals surface area contributed by atoms with Gasteiger partial charge in [-0.2, -0.15) is 0 Å². The fourth-order valence-electron chi connectivity index (χ4n) is 3.92. The third kappa shape index (κ3) is 6.99. The second-order valence-electron chi connectivity index (χ2n) is 9.17. The Hall–Kier alpha value is -2.12. The first-order chi connectivity index (χ1) is 14.4. The van der Waals surface area contributed by atoms with Crippen molar-refractivity contribution in [2.24, 2.45) is 4.99 Å². The summed E-state index contributed by atoms with van der Waals surface area (Å²) in [7, 11) is 1.84. The van der Waals surface area contributed by atoms with Crippen LogP contribution in [0.1, 0.15) is 45.2 Å². The predicted molar refractivity (Wildman–Crippen MR) is 123 cm³/mol. The highest BCUT2D eigenvalue weighted by Gasteiger charge is 2.27. The number of aliphatic imine (C=N–C) groups is 1. The van der Waals surface area contributed by atoms with Gasteiger partial charge in [-0.05, 0) is 39.2 Å². The van der Waals surface area contributed by atoms with Gasteiger partial charge in [0.1, 0.15) is 0 Å². The normalized spacial score (nSPS) is 19.5. The Morgan fingerprint density at radius 1 is 1.17 bits per heavy atom. The fraction of sp³-hybridized carbons (Fsp3) is 0.652. The van der Waals surface area contributed by atoms with Crippen LogP contribution in [0.3, 0.4) is 0 Å². The maximum absolute atomic E-state index is 12.0. The molecule has 30 heavy (non-hydrogen) atoms. The minimum atomic E-state index is -0.0894. The SMILES string of the molecule is CN=C(NCC(C)(C)NC(C)c1ccccc1)N1CCN(CC(=O)NC2CC2)CC1. The Morgan fingerprint density at radius 3 is 2.43 bits per heavy atom. The zero-order chi connectivity index (χ0) is 21.6. The Kier molecular flexibility index (Phi) is 7.72. The molecule has 7 heteroatoms. The smallest absolute Gasteiger partial charge is 0.234 e. The lowest BCUT2D eigenvalue weighted by molar-refractivity contribution is -0.122. The van der Waals surface area contributed by atoms with Crippen LogP contribution >= 0.6 is 0 Å². The second-order valence-corrected chi connectivity index (χ2v) is 9.17. The van der Waals surface area contributed by atoms with Crippen LogP contribution < -0.4 is 16.0 Å². The number of nitrogens with one attached hydrogen (secondary N) is 3. The Labute approximate surface area is 181 Å². The molecule has 2 fully saturated rings. The van der Waals surface area contributed by atoms with Gasteiger partial charge in [0.05, 0.1) is 6.54 Å². The summed E-state index contributed by atoms with van der Waals surface area (Å²) in [6.45, 7) is 11.4. The summed E-state index contributed by atoms with van der Waals surface area (Å²) in [6, 6.07) is 11.2. The molecule has 0 radical (unpaired) electrons. The van der Waals surface area contributed by atoms with Gasteiger partial charge in [0.2, 0.25) is 5.91 Å². The summed E-state index contributed by atoms with van der Waals surface area (Å²) in [4.78, 5) is 21.0. The van der Waals surface area contributed by atoms with Crippen molar-refractivity contribution in [3.8, 4) is 0 Å². The molecule has 0 aromatic heterocycles. The van der Waals surface area contributed by atoms with E-state index >= 15 is 0 Å². The lowest BCUT2D eigenvalue weighted by atomic mass is 10.0. The first kappa shape index (κ1) is 22.6. The number of rotatable bonds is 8. The summed E-state index contributed by atoms with van der Waals surface area (Å²) in [5.74, 6) is 1.09. The van der Waals surface area contributed by atoms with Crippen molar-refractivity contribution in [3.05, 3.63) is 35.9 Å². The average Bonchev–Trinajstić information content (AvgIpc) is 3.53. The topological polar surface area (TPSA) is 72.0 Å². The number of nitrogens with zero attached hydrogens (tertiary/aromatic N) is 3. The van der Waals surface area contributed by atoms with Crippen molar-refractivity contribution in [1.29, 1.82) is 0 Å². The molecule has 1 atom stereocenters. The van der Waals surface area contributed by atoms with Gasteiger partial charge < -0.3 is 20.9 Å². The van der Waals surface area contributed by atoms with E-state index in [1.165, 1.54) is 5.56 Å².